The Morgan fingerprint density at radius 1 is 1.15 bits per heavy atom. The third kappa shape index (κ3) is 5.71. The van der Waals surface area contributed by atoms with Crippen LogP contribution < -0.4 is 10.6 Å². The minimum atomic E-state index is 0.658. The Bertz CT molecular complexity index is 245. The van der Waals surface area contributed by atoms with Crippen LogP contribution in [0.3, 0.4) is 0 Å². The smallest absolute Gasteiger partial charge is 0.00922 e. The fraction of sp³-hybridized carbons (Fsp3) is 1.00. The van der Waals surface area contributed by atoms with E-state index < -0.39 is 0 Å². The normalized spacial score (nSPS) is 26.2. The molecule has 3 heteroatoms. The molecule has 2 rings (SSSR count). The lowest BCUT2D eigenvalue weighted by Crippen LogP contribution is -2.37. The maximum absolute atomic E-state index is 3.70. The van der Waals surface area contributed by atoms with E-state index in [1.165, 1.54) is 77.4 Å². The Morgan fingerprint density at radius 3 is 2.65 bits per heavy atom. The molecule has 2 aliphatic rings. The van der Waals surface area contributed by atoms with E-state index in [2.05, 4.69) is 29.5 Å². The van der Waals surface area contributed by atoms with Gasteiger partial charge in [-0.1, -0.05) is 19.3 Å². The van der Waals surface area contributed by atoms with Gasteiger partial charge < -0.3 is 15.5 Å². The lowest BCUT2D eigenvalue weighted by atomic mass is 9.94. The van der Waals surface area contributed by atoms with E-state index in [0.717, 1.165) is 12.1 Å². The third-order valence-corrected chi connectivity index (χ3v) is 5.18. The molecule has 2 N–H and O–H groups in total. The minimum absolute atomic E-state index is 0.658. The van der Waals surface area contributed by atoms with Gasteiger partial charge in [-0.2, -0.15) is 0 Å². The third-order valence-electron chi connectivity index (χ3n) is 5.18. The van der Waals surface area contributed by atoms with Gasteiger partial charge in [-0.05, 0) is 72.1 Å². The highest BCUT2D eigenvalue weighted by Gasteiger charge is 2.18. The highest BCUT2D eigenvalue weighted by Crippen LogP contribution is 2.21. The van der Waals surface area contributed by atoms with Crippen molar-refractivity contribution < 1.29 is 0 Å². The Kier molecular flexibility index (Phi) is 7.32. The standard InChI is InChI=1S/C17H35N3/c1-15(14-16-8-6-11-19-16)18-12-7-13-20(2)17-9-4-3-5-10-17/h15-19H,3-14H2,1-2H3. The molecule has 0 aromatic carbocycles. The topological polar surface area (TPSA) is 27.3 Å². The maximum Gasteiger partial charge on any atom is 0.00922 e. The fourth-order valence-corrected chi connectivity index (χ4v) is 3.85. The molecular weight excluding hydrogens is 246 g/mol. The van der Waals surface area contributed by atoms with Crippen LogP contribution in [0.1, 0.15) is 64.7 Å². The first-order chi connectivity index (χ1) is 9.75. The summed E-state index contributed by atoms with van der Waals surface area (Å²) in [6.45, 7) is 5.99. The molecule has 3 nitrogen and oxygen atoms in total. The second-order valence-corrected chi connectivity index (χ2v) is 7.01. The van der Waals surface area contributed by atoms with Crippen LogP contribution in [0, 0.1) is 0 Å². The second-order valence-electron chi connectivity index (χ2n) is 7.01. The first-order valence-electron chi connectivity index (χ1n) is 8.92. The first-order valence-corrected chi connectivity index (χ1v) is 8.92. The monoisotopic (exact) mass is 281 g/mol. The molecule has 0 bridgehead atoms. The van der Waals surface area contributed by atoms with E-state index in [9.17, 15) is 0 Å². The molecule has 1 saturated carbocycles. The molecule has 2 atom stereocenters. The van der Waals surface area contributed by atoms with Gasteiger partial charge in [0.2, 0.25) is 0 Å². The summed E-state index contributed by atoms with van der Waals surface area (Å²) in [6, 6.07) is 2.29. The molecule has 0 aromatic rings. The molecule has 1 heterocycles. The van der Waals surface area contributed by atoms with Crippen molar-refractivity contribution >= 4 is 0 Å². The molecule has 1 saturated heterocycles. The van der Waals surface area contributed by atoms with Gasteiger partial charge in [0.25, 0.3) is 0 Å². The molecule has 1 aliphatic heterocycles. The summed E-state index contributed by atoms with van der Waals surface area (Å²) in [5, 5.41) is 7.29. The van der Waals surface area contributed by atoms with Crippen LogP contribution in [0.25, 0.3) is 0 Å². The van der Waals surface area contributed by atoms with Crippen molar-refractivity contribution in [2.24, 2.45) is 0 Å². The first kappa shape index (κ1) is 16.3. The van der Waals surface area contributed by atoms with E-state index >= 15 is 0 Å². The lowest BCUT2D eigenvalue weighted by Gasteiger charge is -2.31. The summed E-state index contributed by atoms with van der Waals surface area (Å²) < 4.78 is 0. The van der Waals surface area contributed by atoms with E-state index in [0.29, 0.717) is 6.04 Å². The quantitative estimate of drug-likeness (QED) is 0.670. The van der Waals surface area contributed by atoms with Crippen molar-refractivity contribution in [3.63, 3.8) is 0 Å². The van der Waals surface area contributed by atoms with Crippen molar-refractivity contribution in [1.29, 1.82) is 0 Å². The SMILES string of the molecule is CC(CC1CCCN1)NCCCN(C)C1CCCCC1. The predicted molar refractivity (Wildman–Crippen MR) is 87.2 cm³/mol. The average molecular weight is 281 g/mol. The van der Waals surface area contributed by atoms with E-state index in [1.807, 2.05) is 0 Å². The number of hydrogen-bond acceptors (Lipinski definition) is 3. The Labute approximate surface area is 125 Å². The minimum Gasteiger partial charge on any atom is -0.314 e. The van der Waals surface area contributed by atoms with E-state index in [4.69, 9.17) is 0 Å². The van der Waals surface area contributed by atoms with Gasteiger partial charge >= 0.3 is 0 Å². The van der Waals surface area contributed by atoms with E-state index in [-0.39, 0.29) is 0 Å². The number of rotatable bonds is 8. The Hall–Kier alpha value is -0.120. The zero-order chi connectivity index (χ0) is 14.2. The molecule has 20 heavy (non-hydrogen) atoms. The molecule has 0 amide bonds. The van der Waals surface area contributed by atoms with Crippen LogP contribution in [0.5, 0.6) is 0 Å². The molecule has 0 spiro atoms. The summed E-state index contributed by atoms with van der Waals surface area (Å²) in [5.41, 5.74) is 0. The second kappa shape index (κ2) is 9.01. The van der Waals surface area contributed by atoms with Crippen molar-refractivity contribution in [3.8, 4) is 0 Å². The van der Waals surface area contributed by atoms with Crippen LogP contribution in [-0.4, -0.2) is 49.7 Å². The fourth-order valence-electron chi connectivity index (χ4n) is 3.85. The summed E-state index contributed by atoms with van der Waals surface area (Å²) in [7, 11) is 2.32. The van der Waals surface area contributed by atoms with Gasteiger partial charge in [-0.3, -0.25) is 0 Å². The van der Waals surface area contributed by atoms with Gasteiger partial charge in [-0.15, -0.1) is 0 Å². The molecular formula is C17H35N3. The molecule has 2 fully saturated rings. The summed E-state index contributed by atoms with van der Waals surface area (Å²) in [6.07, 6.45) is 12.5. The van der Waals surface area contributed by atoms with E-state index in [1.54, 1.807) is 0 Å². The van der Waals surface area contributed by atoms with Gasteiger partial charge in [0.1, 0.15) is 0 Å². The zero-order valence-corrected chi connectivity index (χ0v) is 13.7. The summed E-state index contributed by atoms with van der Waals surface area (Å²) in [5.74, 6) is 0. The Morgan fingerprint density at radius 2 is 1.95 bits per heavy atom. The lowest BCUT2D eigenvalue weighted by molar-refractivity contribution is 0.189. The van der Waals surface area contributed by atoms with Gasteiger partial charge in [0.15, 0.2) is 0 Å². The molecule has 2 unspecified atom stereocenters. The van der Waals surface area contributed by atoms with Crippen LogP contribution in [-0.2, 0) is 0 Å². The highest BCUT2D eigenvalue weighted by atomic mass is 15.1. The molecule has 118 valence electrons. The van der Waals surface area contributed by atoms with Crippen molar-refractivity contribution in [1.82, 2.24) is 15.5 Å². The van der Waals surface area contributed by atoms with Gasteiger partial charge in [-0.25, -0.2) is 0 Å². The maximum atomic E-state index is 3.70. The van der Waals surface area contributed by atoms with Crippen molar-refractivity contribution in [2.45, 2.75) is 82.8 Å². The number of hydrogen-bond donors (Lipinski definition) is 2. The number of nitrogens with one attached hydrogen (secondary N) is 2. The Balaban J connectivity index is 1.49. The number of nitrogens with zero attached hydrogens (tertiary/aromatic N) is 1. The van der Waals surface area contributed by atoms with Crippen molar-refractivity contribution in [3.05, 3.63) is 0 Å². The van der Waals surface area contributed by atoms with Crippen LogP contribution in [0.2, 0.25) is 0 Å². The van der Waals surface area contributed by atoms with Crippen LogP contribution in [0.4, 0.5) is 0 Å². The van der Waals surface area contributed by atoms with Gasteiger partial charge in [0, 0.05) is 18.1 Å². The predicted octanol–water partition coefficient (Wildman–Crippen LogP) is 2.76. The molecule has 0 radical (unpaired) electrons. The van der Waals surface area contributed by atoms with Gasteiger partial charge in [0.05, 0.1) is 0 Å². The summed E-state index contributed by atoms with van der Waals surface area (Å²) in [4.78, 5) is 2.60. The van der Waals surface area contributed by atoms with Crippen LogP contribution >= 0.6 is 0 Å². The van der Waals surface area contributed by atoms with Crippen LogP contribution in [0.15, 0.2) is 0 Å². The largest absolute Gasteiger partial charge is 0.314 e. The summed E-state index contributed by atoms with van der Waals surface area (Å²) >= 11 is 0. The van der Waals surface area contributed by atoms with Crippen molar-refractivity contribution in [2.75, 3.05) is 26.7 Å². The highest BCUT2D eigenvalue weighted by molar-refractivity contribution is 4.79. The molecule has 1 aliphatic carbocycles. The zero-order valence-electron chi connectivity index (χ0n) is 13.7. The average Bonchev–Trinajstić information content (AvgIpc) is 2.97. The molecule has 0 aromatic heterocycles.